The Hall–Kier alpha value is -5.08. The fourth-order valence-corrected chi connectivity index (χ4v) is 10.3. The molecule has 10 rings (SSSR count). The van der Waals surface area contributed by atoms with Gasteiger partial charge in [0.1, 0.15) is 0 Å². The summed E-state index contributed by atoms with van der Waals surface area (Å²) in [5.41, 5.74) is 13.9. The van der Waals surface area contributed by atoms with Gasteiger partial charge in [-0.05, 0) is 108 Å². The first-order chi connectivity index (χ1) is 25.2. The molecule has 2 nitrogen and oxygen atoms in total. The van der Waals surface area contributed by atoms with Gasteiger partial charge in [0, 0.05) is 34.6 Å². The smallest absolute Gasteiger partial charge is 0.0591 e. The van der Waals surface area contributed by atoms with Gasteiger partial charge < -0.3 is 9.80 Å². The summed E-state index contributed by atoms with van der Waals surface area (Å²) < 4.78 is 0. The third-order valence-electron chi connectivity index (χ3n) is 12.7. The van der Waals surface area contributed by atoms with Crippen molar-refractivity contribution in [1.82, 2.24) is 0 Å². The number of nitrogens with zero attached hydrogens (tertiary/aromatic N) is 2. The van der Waals surface area contributed by atoms with Gasteiger partial charge in [0.2, 0.25) is 0 Å². The molecular weight excluding hydrogens is 617 g/mol. The highest BCUT2D eigenvalue weighted by Crippen LogP contribution is 2.53. The summed E-state index contributed by atoms with van der Waals surface area (Å²) in [7, 11) is 0. The van der Waals surface area contributed by atoms with Crippen LogP contribution in [0, 0.1) is 29.6 Å². The number of anilines is 2. The molecule has 51 heavy (non-hydrogen) atoms. The maximum Gasteiger partial charge on any atom is 0.0591 e. The van der Waals surface area contributed by atoms with Gasteiger partial charge in [-0.3, -0.25) is 0 Å². The van der Waals surface area contributed by atoms with Crippen LogP contribution in [0.5, 0.6) is 0 Å². The van der Waals surface area contributed by atoms with Crippen LogP contribution in [0.3, 0.4) is 0 Å². The second-order valence-corrected chi connectivity index (χ2v) is 15.5. The molecule has 0 aromatic heterocycles. The van der Waals surface area contributed by atoms with Crippen molar-refractivity contribution < 1.29 is 0 Å². The Kier molecular flexibility index (Phi) is 7.59. The van der Waals surface area contributed by atoms with Crippen molar-refractivity contribution in [1.29, 1.82) is 0 Å². The predicted octanol–water partition coefficient (Wildman–Crippen LogP) is 11.9. The minimum absolute atomic E-state index is 0.379. The molecule has 4 aliphatic carbocycles. The van der Waals surface area contributed by atoms with E-state index in [1.807, 2.05) is 0 Å². The minimum atomic E-state index is 0.379. The topological polar surface area (TPSA) is 6.48 Å². The fourth-order valence-electron chi connectivity index (χ4n) is 10.3. The molecule has 2 aliphatic heterocycles. The molecule has 6 aliphatic rings. The zero-order valence-electron chi connectivity index (χ0n) is 29.5. The van der Waals surface area contributed by atoms with E-state index >= 15 is 0 Å². The van der Waals surface area contributed by atoms with Gasteiger partial charge in [-0.25, -0.2) is 0 Å². The summed E-state index contributed by atoms with van der Waals surface area (Å²) in [6.07, 6.45) is 26.3. The quantitative estimate of drug-likeness (QED) is 0.196. The Labute approximate surface area is 303 Å². The Balaban J connectivity index is 0.973. The molecule has 252 valence electrons. The zero-order valence-corrected chi connectivity index (χ0v) is 29.5. The molecular formula is C49H46N2. The summed E-state index contributed by atoms with van der Waals surface area (Å²) in [6.45, 7) is 2.47. The third kappa shape index (κ3) is 5.22. The summed E-state index contributed by atoms with van der Waals surface area (Å²) in [5, 5.41) is 0. The lowest BCUT2D eigenvalue weighted by Crippen LogP contribution is -2.37. The van der Waals surface area contributed by atoms with Crippen molar-refractivity contribution in [2.24, 2.45) is 29.6 Å². The van der Waals surface area contributed by atoms with E-state index in [2.05, 4.69) is 175 Å². The molecule has 2 heterocycles. The summed E-state index contributed by atoms with van der Waals surface area (Å²) in [5.74, 6) is 2.57. The first-order valence-corrected chi connectivity index (χ1v) is 19.3. The lowest BCUT2D eigenvalue weighted by molar-refractivity contribution is 0.311. The number of fused-ring (bicyclic) bond motifs is 5. The van der Waals surface area contributed by atoms with Crippen molar-refractivity contribution in [3.63, 3.8) is 0 Å². The van der Waals surface area contributed by atoms with Crippen molar-refractivity contribution >= 4 is 11.4 Å². The van der Waals surface area contributed by atoms with Crippen LogP contribution >= 0.6 is 0 Å². The zero-order chi connectivity index (χ0) is 33.9. The molecule has 4 aromatic rings. The van der Waals surface area contributed by atoms with E-state index in [9.17, 15) is 0 Å². The van der Waals surface area contributed by atoms with Crippen molar-refractivity contribution in [2.75, 3.05) is 9.80 Å². The maximum absolute atomic E-state index is 2.75. The molecule has 7 unspecified atom stereocenters. The molecule has 0 N–H and O–H groups in total. The molecule has 1 fully saturated rings. The van der Waals surface area contributed by atoms with Crippen LogP contribution in [0.15, 0.2) is 180 Å². The van der Waals surface area contributed by atoms with Crippen LogP contribution in [0.2, 0.25) is 0 Å². The predicted molar refractivity (Wildman–Crippen MR) is 213 cm³/mol. The van der Waals surface area contributed by atoms with Crippen LogP contribution in [0.25, 0.3) is 22.3 Å². The molecule has 0 saturated carbocycles. The van der Waals surface area contributed by atoms with Crippen molar-refractivity contribution in [3.05, 3.63) is 180 Å². The average molecular weight is 663 g/mol. The van der Waals surface area contributed by atoms with E-state index < -0.39 is 0 Å². The highest BCUT2D eigenvalue weighted by molar-refractivity contribution is 5.74. The lowest BCUT2D eigenvalue weighted by Gasteiger charge is -2.39. The molecule has 0 amide bonds. The van der Waals surface area contributed by atoms with Gasteiger partial charge in [0.25, 0.3) is 0 Å². The Morgan fingerprint density at radius 3 is 1.98 bits per heavy atom. The molecule has 7 atom stereocenters. The average Bonchev–Trinajstić information content (AvgIpc) is 3.70. The van der Waals surface area contributed by atoms with Gasteiger partial charge in [-0.1, -0.05) is 140 Å². The molecule has 0 radical (unpaired) electrons. The number of hydrogen-bond acceptors (Lipinski definition) is 2. The van der Waals surface area contributed by atoms with Crippen LogP contribution in [-0.2, 0) is 0 Å². The van der Waals surface area contributed by atoms with Crippen molar-refractivity contribution in [3.8, 4) is 22.3 Å². The van der Waals surface area contributed by atoms with E-state index in [0.717, 1.165) is 12.8 Å². The van der Waals surface area contributed by atoms with E-state index in [4.69, 9.17) is 0 Å². The van der Waals surface area contributed by atoms with Crippen LogP contribution < -0.4 is 9.80 Å². The standard InChI is InChI=1S/C49H46N2/c1-33-28-49-45(42-23-9-11-25-47(42)51(49)40-21-13-19-37(30-40)35-16-6-3-7-17-35)32-43(33)38-26-27-48-44(31-38)41-22-8-10-24-46(41)50(48)39-20-12-18-36(29-39)34-14-4-2-5-15-34/h2-8,11-22,25-30,32-33,38,42-44,47-48H,9-10,23-24,31H2,1H3. The Morgan fingerprint density at radius 1 is 0.588 bits per heavy atom. The first-order valence-electron chi connectivity index (χ1n) is 19.3. The van der Waals surface area contributed by atoms with Crippen molar-refractivity contribution in [2.45, 2.75) is 51.1 Å². The van der Waals surface area contributed by atoms with Crippen LogP contribution in [0.4, 0.5) is 11.4 Å². The summed E-state index contributed by atoms with van der Waals surface area (Å²) in [6, 6.07) is 40.9. The SMILES string of the molecule is CC1C=C2C(=CC1C1C=CC3C(C1)C1=C(CCC=C1)N3c1cccc(-c3ccccc3)c1)C1CCC=CC1N2c1cccc(-c2ccccc2)c1. The van der Waals surface area contributed by atoms with Crippen LogP contribution in [0.1, 0.15) is 39.0 Å². The molecule has 0 spiro atoms. The highest BCUT2D eigenvalue weighted by atomic mass is 15.2. The monoisotopic (exact) mass is 662 g/mol. The fraction of sp³-hybridized carbons (Fsp3) is 0.265. The Morgan fingerprint density at radius 2 is 1.25 bits per heavy atom. The normalized spacial score (nSPS) is 28.9. The van der Waals surface area contributed by atoms with Gasteiger partial charge >= 0.3 is 0 Å². The molecule has 2 heteroatoms. The lowest BCUT2D eigenvalue weighted by atomic mass is 9.68. The minimum Gasteiger partial charge on any atom is -0.337 e. The van der Waals surface area contributed by atoms with Gasteiger partial charge in [0.15, 0.2) is 0 Å². The van der Waals surface area contributed by atoms with E-state index in [-0.39, 0.29) is 0 Å². The van der Waals surface area contributed by atoms with Gasteiger partial charge in [-0.2, -0.15) is 0 Å². The molecule has 1 saturated heterocycles. The van der Waals surface area contributed by atoms with E-state index in [1.54, 1.807) is 16.8 Å². The number of allylic oxidation sites excluding steroid dienone is 8. The maximum atomic E-state index is 2.75. The second kappa shape index (κ2) is 12.6. The first kappa shape index (κ1) is 30.7. The van der Waals surface area contributed by atoms with Gasteiger partial charge in [-0.15, -0.1) is 0 Å². The summed E-state index contributed by atoms with van der Waals surface area (Å²) in [4.78, 5) is 5.36. The van der Waals surface area contributed by atoms with E-state index in [1.165, 1.54) is 58.6 Å². The van der Waals surface area contributed by atoms with Crippen LogP contribution in [-0.4, -0.2) is 12.1 Å². The van der Waals surface area contributed by atoms with Gasteiger partial charge in [0.05, 0.1) is 12.1 Å². The largest absolute Gasteiger partial charge is 0.337 e. The number of benzene rings is 4. The number of rotatable bonds is 5. The number of hydrogen-bond donors (Lipinski definition) is 0. The second-order valence-electron chi connectivity index (χ2n) is 15.5. The van der Waals surface area contributed by atoms with E-state index in [0.29, 0.717) is 41.7 Å². The summed E-state index contributed by atoms with van der Waals surface area (Å²) >= 11 is 0. The highest BCUT2D eigenvalue weighted by Gasteiger charge is 2.47. The molecule has 4 aromatic carbocycles. The third-order valence-corrected chi connectivity index (χ3v) is 12.7. The molecule has 0 bridgehead atoms. The Bertz CT molecular complexity index is 2150.